The molecule has 120 valence electrons. The van der Waals surface area contributed by atoms with Gasteiger partial charge in [-0.1, -0.05) is 18.0 Å². The predicted octanol–water partition coefficient (Wildman–Crippen LogP) is 3.68. The smallest absolute Gasteiger partial charge is 0.119 e. The second kappa shape index (κ2) is 8.84. The summed E-state index contributed by atoms with van der Waals surface area (Å²) in [6, 6.07) is 6.13. The topological polar surface area (TPSA) is 32.7 Å². The minimum atomic E-state index is -0.452. The first-order chi connectivity index (χ1) is 9.56. The van der Waals surface area contributed by atoms with Crippen LogP contribution in [-0.2, 0) is 0 Å². The van der Waals surface area contributed by atoms with Crippen LogP contribution in [0, 0.1) is 6.92 Å². The van der Waals surface area contributed by atoms with Gasteiger partial charge in [0.2, 0.25) is 0 Å². The van der Waals surface area contributed by atoms with Gasteiger partial charge >= 0.3 is 0 Å². The second-order valence-corrected chi connectivity index (χ2v) is 6.12. The van der Waals surface area contributed by atoms with Gasteiger partial charge in [-0.2, -0.15) is 0 Å². The molecule has 1 heterocycles. The third-order valence-electron chi connectivity index (χ3n) is 3.96. The van der Waals surface area contributed by atoms with Crippen molar-refractivity contribution in [3.8, 4) is 5.75 Å². The fraction of sp³-hybridized carbons (Fsp3) is 0.625. The first kappa shape index (κ1) is 18.6. The zero-order valence-electron chi connectivity index (χ0n) is 12.7. The first-order valence-corrected chi connectivity index (χ1v) is 7.75. The van der Waals surface area contributed by atoms with Crippen LogP contribution in [-0.4, -0.2) is 41.8 Å². The fourth-order valence-electron chi connectivity index (χ4n) is 2.65. The lowest BCUT2D eigenvalue weighted by Crippen LogP contribution is -2.43. The Morgan fingerprint density at radius 1 is 1.43 bits per heavy atom. The van der Waals surface area contributed by atoms with Gasteiger partial charge in [-0.25, -0.2) is 0 Å². The van der Waals surface area contributed by atoms with Gasteiger partial charge < -0.3 is 9.84 Å². The van der Waals surface area contributed by atoms with E-state index in [0.717, 1.165) is 22.9 Å². The van der Waals surface area contributed by atoms with E-state index in [9.17, 15) is 5.11 Å². The van der Waals surface area contributed by atoms with Crippen LogP contribution in [0.2, 0.25) is 5.02 Å². The Morgan fingerprint density at radius 3 is 2.86 bits per heavy atom. The highest BCUT2D eigenvalue weighted by molar-refractivity contribution is 6.31. The van der Waals surface area contributed by atoms with Crippen molar-refractivity contribution >= 4 is 24.0 Å². The summed E-state index contributed by atoms with van der Waals surface area (Å²) >= 11 is 5.98. The molecular formula is C16H25Cl2NO2. The van der Waals surface area contributed by atoms with Crippen molar-refractivity contribution in [1.82, 2.24) is 4.90 Å². The highest BCUT2D eigenvalue weighted by Crippen LogP contribution is 2.21. The average Bonchev–Trinajstić information content (AvgIpc) is 2.43. The number of piperidine rings is 1. The SMILES string of the molecule is Cc1cc(OCC(O)CN2CCCCC2C)ccc1Cl.Cl. The molecule has 1 aliphatic heterocycles. The van der Waals surface area contributed by atoms with Gasteiger partial charge in [0.15, 0.2) is 0 Å². The Balaban J connectivity index is 0.00000220. The van der Waals surface area contributed by atoms with Gasteiger partial charge in [-0.05, 0) is 57.0 Å². The monoisotopic (exact) mass is 333 g/mol. The molecule has 1 saturated heterocycles. The third kappa shape index (κ3) is 5.67. The summed E-state index contributed by atoms with van der Waals surface area (Å²) in [6.07, 6.45) is 3.30. The van der Waals surface area contributed by atoms with Gasteiger partial charge in [0.05, 0.1) is 0 Å². The number of aryl methyl sites for hydroxylation is 1. The van der Waals surface area contributed by atoms with Crippen LogP contribution < -0.4 is 4.74 Å². The Hall–Kier alpha value is -0.480. The van der Waals surface area contributed by atoms with E-state index in [1.54, 1.807) is 0 Å². The molecule has 5 heteroatoms. The zero-order valence-corrected chi connectivity index (χ0v) is 14.3. The number of nitrogens with zero attached hydrogens (tertiary/aromatic N) is 1. The lowest BCUT2D eigenvalue weighted by Gasteiger charge is -2.34. The summed E-state index contributed by atoms with van der Waals surface area (Å²) in [5.74, 6) is 0.762. The number of hydrogen-bond acceptors (Lipinski definition) is 3. The molecule has 0 bridgehead atoms. The van der Waals surface area contributed by atoms with E-state index in [1.807, 2.05) is 25.1 Å². The minimum absolute atomic E-state index is 0. The lowest BCUT2D eigenvalue weighted by atomic mass is 10.0. The molecule has 1 aromatic rings. The summed E-state index contributed by atoms with van der Waals surface area (Å²) in [4.78, 5) is 2.35. The van der Waals surface area contributed by atoms with Crippen LogP contribution in [0.5, 0.6) is 5.75 Å². The number of benzene rings is 1. The van der Waals surface area contributed by atoms with E-state index in [2.05, 4.69) is 11.8 Å². The van der Waals surface area contributed by atoms with Crippen molar-refractivity contribution in [2.45, 2.75) is 45.3 Å². The average molecular weight is 334 g/mol. The van der Waals surface area contributed by atoms with Crippen molar-refractivity contribution in [2.75, 3.05) is 19.7 Å². The molecule has 2 rings (SSSR count). The van der Waals surface area contributed by atoms with Crippen LogP contribution in [0.4, 0.5) is 0 Å². The van der Waals surface area contributed by atoms with Crippen molar-refractivity contribution in [1.29, 1.82) is 0 Å². The molecule has 21 heavy (non-hydrogen) atoms. The van der Waals surface area contributed by atoms with Gasteiger partial charge in [-0.15, -0.1) is 12.4 Å². The standard InChI is InChI=1S/C16H24ClNO2.ClH/c1-12-9-15(6-7-16(12)17)20-11-14(19)10-18-8-4-3-5-13(18)2;/h6-7,9,13-14,19H,3-5,8,10-11H2,1-2H3;1H. The molecule has 0 saturated carbocycles. The number of ether oxygens (including phenoxy) is 1. The Morgan fingerprint density at radius 2 is 2.19 bits per heavy atom. The predicted molar refractivity (Wildman–Crippen MR) is 89.8 cm³/mol. The normalized spacial score (nSPS) is 20.7. The van der Waals surface area contributed by atoms with Crippen molar-refractivity contribution in [3.63, 3.8) is 0 Å². The molecule has 0 aromatic heterocycles. The first-order valence-electron chi connectivity index (χ1n) is 7.37. The van der Waals surface area contributed by atoms with Crippen molar-refractivity contribution in [3.05, 3.63) is 28.8 Å². The van der Waals surface area contributed by atoms with E-state index in [1.165, 1.54) is 19.3 Å². The number of hydrogen-bond donors (Lipinski definition) is 1. The van der Waals surface area contributed by atoms with Crippen molar-refractivity contribution < 1.29 is 9.84 Å². The van der Waals surface area contributed by atoms with Crippen LogP contribution in [0.3, 0.4) is 0 Å². The van der Waals surface area contributed by atoms with Crippen LogP contribution in [0.15, 0.2) is 18.2 Å². The minimum Gasteiger partial charge on any atom is -0.491 e. The van der Waals surface area contributed by atoms with E-state index < -0.39 is 6.10 Å². The Kier molecular flexibility index (Phi) is 7.82. The van der Waals surface area contributed by atoms with Crippen molar-refractivity contribution in [2.24, 2.45) is 0 Å². The number of likely N-dealkylation sites (tertiary alicyclic amines) is 1. The Labute approximate surface area is 138 Å². The van der Waals surface area contributed by atoms with E-state index in [-0.39, 0.29) is 12.4 Å². The molecule has 2 unspecified atom stereocenters. The second-order valence-electron chi connectivity index (χ2n) is 5.72. The maximum Gasteiger partial charge on any atom is 0.119 e. The fourth-order valence-corrected chi connectivity index (χ4v) is 2.77. The van der Waals surface area contributed by atoms with E-state index in [0.29, 0.717) is 19.2 Å². The summed E-state index contributed by atoms with van der Waals surface area (Å²) in [7, 11) is 0. The lowest BCUT2D eigenvalue weighted by molar-refractivity contribution is 0.0438. The maximum atomic E-state index is 10.1. The maximum absolute atomic E-state index is 10.1. The molecule has 1 fully saturated rings. The highest BCUT2D eigenvalue weighted by Gasteiger charge is 2.20. The number of aliphatic hydroxyl groups excluding tert-OH is 1. The molecular weight excluding hydrogens is 309 g/mol. The number of β-amino-alcohol motifs (C(OH)–C–C–N with tert-alkyl or cyclic N) is 1. The largest absolute Gasteiger partial charge is 0.491 e. The van der Waals surface area contributed by atoms with Gasteiger partial charge in [0, 0.05) is 17.6 Å². The number of rotatable bonds is 5. The summed E-state index contributed by atoms with van der Waals surface area (Å²) in [6.45, 7) is 6.27. The molecule has 2 atom stereocenters. The quantitative estimate of drug-likeness (QED) is 0.892. The molecule has 1 aliphatic rings. The zero-order chi connectivity index (χ0) is 14.5. The highest BCUT2D eigenvalue weighted by atomic mass is 35.5. The van der Waals surface area contributed by atoms with Crippen LogP contribution in [0.25, 0.3) is 0 Å². The molecule has 0 radical (unpaired) electrons. The summed E-state index contributed by atoms with van der Waals surface area (Å²) < 4.78 is 5.65. The third-order valence-corrected chi connectivity index (χ3v) is 4.38. The molecule has 0 amide bonds. The summed E-state index contributed by atoms with van der Waals surface area (Å²) in [5, 5.41) is 10.8. The van der Waals surface area contributed by atoms with Crippen LogP contribution >= 0.6 is 24.0 Å². The molecule has 1 aromatic carbocycles. The Bertz CT molecular complexity index is 442. The van der Waals surface area contributed by atoms with Gasteiger partial charge in [-0.3, -0.25) is 4.90 Å². The number of aliphatic hydroxyl groups is 1. The van der Waals surface area contributed by atoms with Gasteiger partial charge in [0.1, 0.15) is 18.5 Å². The molecule has 1 N–H and O–H groups in total. The van der Waals surface area contributed by atoms with E-state index >= 15 is 0 Å². The summed E-state index contributed by atoms with van der Waals surface area (Å²) in [5.41, 5.74) is 0.989. The number of halogens is 2. The van der Waals surface area contributed by atoms with Gasteiger partial charge in [0.25, 0.3) is 0 Å². The molecule has 0 spiro atoms. The van der Waals surface area contributed by atoms with Crippen LogP contribution in [0.1, 0.15) is 31.7 Å². The molecule has 0 aliphatic carbocycles. The van der Waals surface area contributed by atoms with E-state index in [4.69, 9.17) is 16.3 Å². The molecule has 3 nitrogen and oxygen atoms in total.